The number of aromatic nitrogens is 6. The van der Waals surface area contributed by atoms with Crippen LogP contribution >= 0.6 is 0 Å². The van der Waals surface area contributed by atoms with Crippen molar-refractivity contribution in [1.29, 1.82) is 0 Å². The van der Waals surface area contributed by atoms with Crippen LogP contribution in [0.2, 0.25) is 0 Å². The first kappa shape index (κ1) is 14.1. The van der Waals surface area contributed by atoms with Gasteiger partial charge in [0, 0.05) is 12.4 Å². The summed E-state index contributed by atoms with van der Waals surface area (Å²) in [7, 11) is 0. The van der Waals surface area contributed by atoms with Crippen molar-refractivity contribution in [2.45, 2.75) is 6.54 Å². The highest BCUT2D eigenvalue weighted by Gasteiger charge is 2.15. The molecule has 3 aromatic heterocycles. The lowest BCUT2D eigenvalue weighted by molar-refractivity contribution is 0.102. The summed E-state index contributed by atoms with van der Waals surface area (Å²) in [5.41, 5.74) is 1.96. The molecule has 0 radical (unpaired) electrons. The van der Waals surface area contributed by atoms with Gasteiger partial charge >= 0.3 is 0 Å². The molecule has 0 fully saturated rings. The molecule has 0 aliphatic heterocycles. The lowest BCUT2D eigenvalue weighted by Crippen LogP contribution is -2.13. The van der Waals surface area contributed by atoms with Crippen molar-refractivity contribution in [1.82, 2.24) is 29.4 Å². The minimum absolute atomic E-state index is 0.242. The van der Waals surface area contributed by atoms with Crippen LogP contribution in [0, 0.1) is 0 Å². The molecule has 0 aliphatic carbocycles. The molecule has 24 heavy (non-hydrogen) atoms. The number of hydrogen-bond acceptors (Lipinski definition) is 5. The third-order valence-electron chi connectivity index (χ3n) is 3.47. The quantitative estimate of drug-likeness (QED) is 0.617. The first-order valence-corrected chi connectivity index (χ1v) is 7.33. The molecule has 0 saturated carbocycles. The van der Waals surface area contributed by atoms with E-state index in [-0.39, 0.29) is 11.9 Å². The highest BCUT2D eigenvalue weighted by molar-refractivity contribution is 6.07. The maximum atomic E-state index is 12.4. The number of fused-ring (bicyclic) bond motifs is 1. The molecule has 0 spiro atoms. The van der Waals surface area contributed by atoms with Crippen LogP contribution in [0.5, 0.6) is 0 Å². The Morgan fingerprint density at radius 3 is 2.88 bits per heavy atom. The van der Waals surface area contributed by atoms with Crippen LogP contribution in [0.15, 0.2) is 61.3 Å². The third-order valence-corrected chi connectivity index (χ3v) is 3.47. The summed E-state index contributed by atoms with van der Waals surface area (Å²) < 4.78 is 3.20. The van der Waals surface area contributed by atoms with E-state index in [1.54, 1.807) is 29.5 Å². The molecule has 4 aromatic rings. The maximum Gasteiger partial charge on any atom is 0.263 e. The normalized spacial score (nSPS) is 10.8. The fourth-order valence-electron chi connectivity index (χ4n) is 2.35. The molecule has 0 unspecified atom stereocenters. The molecule has 1 aromatic carbocycles. The van der Waals surface area contributed by atoms with Gasteiger partial charge in [-0.25, -0.2) is 19.2 Å². The summed E-state index contributed by atoms with van der Waals surface area (Å²) in [6, 6.07) is 11.6. The zero-order valence-electron chi connectivity index (χ0n) is 12.6. The van der Waals surface area contributed by atoms with Crippen molar-refractivity contribution >= 4 is 17.5 Å². The number of nitrogens with zero attached hydrogens (tertiary/aromatic N) is 6. The highest BCUT2D eigenvalue weighted by atomic mass is 16.1. The van der Waals surface area contributed by atoms with Crippen LogP contribution in [0.25, 0.3) is 5.65 Å². The van der Waals surface area contributed by atoms with Crippen molar-refractivity contribution in [3.8, 4) is 0 Å². The van der Waals surface area contributed by atoms with Crippen LogP contribution in [-0.4, -0.2) is 35.3 Å². The highest BCUT2D eigenvalue weighted by Crippen LogP contribution is 2.09. The second-order valence-electron chi connectivity index (χ2n) is 5.15. The second-order valence-corrected chi connectivity index (χ2v) is 5.15. The number of carbonyl (C=O) groups excluding carboxylic acids is 1. The molecule has 8 heteroatoms. The smallest absolute Gasteiger partial charge is 0.263 e. The summed E-state index contributed by atoms with van der Waals surface area (Å²) >= 11 is 0. The van der Waals surface area contributed by atoms with Crippen molar-refractivity contribution in [3.63, 3.8) is 0 Å². The number of carbonyl (C=O) groups is 1. The lowest BCUT2D eigenvalue weighted by Gasteiger charge is -2.00. The van der Waals surface area contributed by atoms with Gasteiger partial charge in [-0.1, -0.05) is 30.3 Å². The summed E-state index contributed by atoms with van der Waals surface area (Å²) in [6.45, 7) is 0.585. The molecule has 8 nitrogen and oxygen atoms in total. The number of benzene rings is 1. The Bertz CT molecular complexity index is 990. The molecular formula is C16H13N7O. The maximum absolute atomic E-state index is 12.4. The van der Waals surface area contributed by atoms with Crippen LogP contribution in [-0.2, 0) is 6.54 Å². The average molecular weight is 319 g/mol. The summed E-state index contributed by atoms with van der Waals surface area (Å²) in [5.74, 6) is -0.104. The molecule has 4 rings (SSSR count). The van der Waals surface area contributed by atoms with Gasteiger partial charge in [-0.2, -0.15) is 5.10 Å². The summed E-state index contributed by atoms with van der Waals surface area (Å²) in [6.07, 6.45) is 6.39. The minimum Gasteiger partial charge on any atom is -0.289 e. The molecule has 3 heterocycles. The van der Waals surface area contributed by atoms with E-state index in [4.69, 9.17) is 0 Å². The largest absolute Gasteiger partial charge is 0.289 e. The fourth-order valence-corrected chi connectivity index (χ4v) is 2.35. The standard InChI is InChI=1S/C16H13N7O/c24-15(13-9-19-23-8-4-7-17-14(13)23)20-16-18-11-22(21-16)10-12-5-2-1-3-6-12/h1-9,11H,10H2,(H,20,21,24). The van der Waals surface area contributed by atoms with Gasteiger partial charge in [0.1, 0.15) is 11.9 Å². The van der Waals surface area contributed by atoms with Crippen molar-refractivity contribution < 1.29 is 4.79 Å². The summed E-state index contributed by atoms with van der Waals surface area (Å²) in [4.78, 5) is 20.6. The molecule has 0 saturated heterocycles. The van der Waals surface area contributed by atoms with E-state index >= 15 is 0 Å². The van der Waals surface area contributed by atoms with Gasteiger partial charge in [-0.3, -0.25) is 10.1 Å². The van der Waals surface area contributed by atoms with Crippen molar-refractivity contribution in [2.24, 2.45) is 0 Å². The van der Waals surface area contributed by atoms with Gasteiger partial charge in [-0.15, -0.1) is 5.10 Å². The Hall–Kier alpha value is -3.55. The fraction of sp³-hybridized carbons (Fsp3) is 0.0625. The SMILES string of the molecule is O=C(Nc1ncn(Cc2ccccc2)n1)c1cnn2cccnc12. The third kappa shape index (κ3) is 2.72. The van der Waals surface area contributed by atoms with Crippen molar-refractivity contribution in [2.75, 3.05) is 5.32 Å². The molecule has 1 amide bonds. The second kappa shape index (κ2) is 5.92. The monoisotopic (exact) mass is 319 g/mol. The molecule has 0 atom stereocenters. The van der Waals surface area contributed by atoms with E-state index < -0.39 is 0 Å². The van der Waals surface area contributed by atoms with Gasteiger partial charge in [0.15, 0.2) is 5.65 Å². The number of rotatable bonds is 4. The number of nitrogens with one attached hydrogen (secondary N) is 1. The van der Waals surface area contributed by atoms with Crippen molar-refractivity contribution in [3.05, 3.63) is 72.4 Å². The Morgan fingerprint density at radius 1 is 1.12 bits per heavy atom. The lowest BCUT2D eigenvalue weighted by atomic mass is 10.2. The molecular weight excluding hydrogens is 306 g/mol. The number of anilines is 1. The Balaban J connectivity index is 1.50. The first-order chi connectivity index (χ1) is 11.8. The van der Waals surface area contributed by atoms with E-state index in [0.29, 0.717) is 17.8 Å². The van der Waals surface area contributed by atoms with E-state index in [9.17, 15) is 4.79 Å². The number of hydrogen-bond donors (Lipinski definition) is 1. The molecule has 1 N–H and O–H groups in total. The van der Waals surface area contributed by atoms with Crippen LogP contribution < -0.4 is 5.32 Å². The van der Waals surface area contributed by atoms with E-state index in [0.717, 1.165) is 5.56 Å². The predicted octanol–water partition coefficient (Wildman–Crippen LogP) is 1.62. The van der Waals surface area contributed by atoms with Crippen LogP contribution in [0.1, 0.15) is 15.9 Å². The van der Waals surface area contributed by atoms with E-state index in [1.807, 2.05) is 30.3 Å². The minimum atomic E-state index is -0.346. The van der Waals surface area contributed by atoms with Crippen LogP contribution in [0.3, 0.4) is 0 Å². The van der Waals surface area contributed by atoms with Gasteiger partial charge < -0.3 is 0 Å². The van der Waals surface area contributed by atoms with Gasteiger partial charge in [0.2, 0.25) is 5.95 Å². The molecule has 0 bridgehead atoms. The topological polar surface area (TPSA) is 90.0 Å². The average Bonchev–Trinajstić information content (AvgIpc) is 3.22. The van der Waals surface area contributed by atoms with E-state index in [2.05, 4.69) is 25.5 Å². The van der Waals surface area contributed by atoms with E-state index in [1.165, 1.54) is 10.7 Å². The zero-order valence-corrected chi connectivity index (χ0v) is 12.6. The molecule has 0 aliphatic rings. The Morgan fingerprint density at radius 2 is 2.00 bits per heavy atom. The zero-order chi connectivity index (χ0) is 16.4. The van der Waals surface area contributed by atoms with Gasteiger partial charge in [-0.05, 0) is 11.6 Å². The predicted molar refractivity (Wildman–Crippen MR) is 86.5 cm³/mol. The van der Waals surface area contributed by atoms with Gasteiger partial charge in [0.05, 0.1) is 12.7 Å². The first-order valence-electron chi connectivity index (χ1n) is 7.33. The van der Waals surface area contributed by atoms with Crippen LogP contribution in [0.4, 0.5) is 5.95 Å². The Kier molecular flexibility index (Phi) is 3.47. The molecule has 118 valence electrons. The summed E-state index contributed by atoms with van der Waals surface area (Å²) in [5, 5.41) is 11.0. The Labute approximate surface area is 136 Å². The number of amides is 1. The van der Waals surface area contributed by atoms with Gasteiger partial charge in [0.25, 0.3) is 5.91 Å².